The maximum absolute atomic E-state index is 5.21. The van der Waals surface area contributed by atoms with Crippen LogP contribution in [0.1, 0.15) is 15.3 Å². The van der Waals surface area contributed by atoms with Crippen LogP contribution in [0.4, 0.5) is 0 Å². The van der Waals surface area contributed by atoms with Gasteiger partial charge in [-0.2, -0.15) is 0 Å². The summed E-state index contributed by atoms with van der Waals surface area (Å²) in [5.74, 6) is 0. The Kier molecular flexibility index (Phi) is 10.6. The van der Waals surface area contributed by atoms with Crippen molar-refractivity contribution < 1.29 is 20.3 Å². The molecule has 0 fully saturated rings. The monoisotopic (exact) mass is 110 g/mol. The van der Waals surface area contributed by atoms with E-state index in [1.165, 1.54) is 0 Å². The molecule has 46 valence electrons. The Labute approximate surface area is 64.9 Å². The fourth-order valence-electron chi connectivity index (χ4n) is 0.372. The number of rotatable bonds is 3. The summed E-state index contributed by atoms with van der Waals surface area (Å²) in [5.41, 5.74) is 5.21. The second-order valence-corrected chi connectivity index (χ2v) is 1.90. The Morgan fingerprint density at radius 3 is 2.25 bits per heavy atom. The molecule has 0 rings (SSSR count). The van der Waals surface area contributed by atoms with Gasteiger partial charge in [0.15, 0.2) is 0 Å². The van der Waals surface area contributed by atoms with Crippen LogP contribution in [0.25, 0.3) is 0 Å². The second-order valence-electron chi connectivity index (χ2n) is 1.90. The van der Waals surface area contributed by atoms with E-state index in [9.17, 15) is 0 Å². The fourth-order valence-corrected chi connectivity index (χ4v) is 0.372. The molecule has 0 bridgehead atoms. The molecule has 8 heavy (non-hydrogen) atoms. The Morgan fingerprint density at radius 1 is 1.62 bits per heavy atom. The molecule has 0 aliphatic rings. The van der Waals surface area contributed by atoms with Gasteiger partial charge < -0.3 is 12.5 Å². The van der Waals surface area contributed by atoms with Gasteiger partial charge in [0.25, 0.3) is 0 Å². The summed E-state index contributed by atoms with van der Waals surface area (Å²) < 4.78 is 0. The van der Waals surface area contributed by atoms with Gasteiger partial charge in [0, 0.05) is 19.1 Å². The van der Waals surface area contributed by atoms with Crippen molar-refractivity contribution in [1.29, 1.82) is 0 Å². The van der Waals surface area contributed by atoms with Gasteiger partial charge in [0.1, 0.15) is 0 Å². The molecule has 3 heteroatoms. The third-order valence-corrected chi connectivity index (χ3v) is 0.697. The van der Waals surface area contributed by atoms with Crippen LogP contribution in [0.2, 0.25) is 0 Å². The molecule has 0 saturated carbocycles. The zero-order valence-corrected chi connectivity index (χ0v) is 6.07. The van der Waals surface area contributed by atoms with Gasteiger partial charge in [-0.1, -0.05) is 13.8 Å². The molecule has 0 aromatic carbocycles. The van der Waals surface area contributed by atoms with Crippen LogP contribution in [0.3, 0.4) is 0 Å². The summed E-state index contributed by atoms with van der Waals surface area (Å²) in [6.07, 6.45) is 0. The molecule has 0 amide bonds. The van der Waals surface area contributed by atoms with E-state index >= 15 is 0 Å². The molecular formula is C5H15LiN2. The Hall–Kier alpha value is 0.517. The first-order valence-corrected chi connectivity index (χ1v) is 2.71. The minimum atomic E-state index is 0. The minimum Gasteiger partial charge on any atom is -1.00 e. The SMILES string of the molecule is CC(C)NCCN.[H-].[Li+]. The van der Waals surface area contributed by atoms with Gasteiger partial charge in [0.05, 0.1) is 0 Å². The van der Waals surface area contributed by atoms with Crippen LogP contribution in [0.15, 0.2) is 0 Å². The smallest absolute Gasteiger partial charge is 1.00 e. The maximum Gasteiger partial charge on any atom is 1.00 e. The number of nitrogens with one attached hydrogen (secondary N) is 1. The summed E-state index contributed by atoms with van der Waals surface area (Å²) in [4.78, 5) is 0. The van der Waals surface area contributed by atoms with Gasteiger partial charge in [-0.3, -0.25) is 0 Å². The van der Waals surface area contributed by atoms with Crippen LogP contribution in [-0.2, 0) is 0 Å². The van der Waals surface area contributed by atoms with E-state index in [1.807, 2.05) is 0 Å². The van der Waals surface area contributed by atoms with E-state index in [4.69, 9.17) is 5.73 Å². The molecule has 0 aromatic rings. The van der Waals surface area contributed by atoms with E-state index in [1.54, 1.807) is 0 Å². The molecule has 0 unspecified atom stereocenters. The molecule has 0 saturated heterocycles. The Morgan fingerprint density at radius 2 is 2.12 bits per heavy atom. The van der Waals surface area contributed by atoms with Crippen molar-refractivity contribution in [3.8, 4) is 0 Å². The predicted molar refractivity (Wildman–Crippen MR) is 33.3 cm³/mol. The molecular weight excluding hydrogens is 95.0 g/mol. The van der Waals surface area contributed by atoms with Crippen LogP contribution in [-0.4, -0.2) is 19.1 Å². The van der Waals surface area contributed by atoms with Crippen molar-refractivity contribution in [2.45, 2.75) is 19.9 Å². The van der Waals surface area contributed by atoms with Gasteiger partial charge in [-0.25, -0.2) is 0 Å². The second kappa shape index (κ2) is 7.52. The van der Waals surface area contributed by atoms with Crippen molar-refractivity contribution in [1.82, 2.24) is 5.32 Å². The molecule has 3 N–H and O–H groups in total. The molecule has 0 aliphatic carbocycles. The summed E-state index contributed by atoms with van der Waals surface area (Å²) in [6, 6.07) is 0.573. The van der Waals surface area contributed by atoms with E-state index in [0.717, 1.165) is 13.1 Å². The van der Waals surface area contributed by atoms with E-state index < -0.39 is 0 Å². The van der Waals surface area contributed by atoms with Crippen molar-refractivity contribution >= 4 is 0 Å². The normalized spacial score (nSPS) is 9.00. The Bertz CT molecular complexity index is 43.9. The average molecular weight is 110 g/mol. The first kappa shape index (κ1) is 11.3. The summed E-state index contributed by atoms with van der Waals surface area (Å²) in [5, 5.41) is 3.17. The van der Waals surface area contributed by atoms with Crippen LogP contribution >= 0.6 is 0 Å². The first-order chi connectivity index (χ1) is 3.27. The van der Waals surface area contributed by atoms with Gasteiger partial charge in [-0.15, -0.1) is 0 Å². The third kappa shape index (κ3) is 9.72. The van der Waals surface area contributed by atoms with E-state index in [-0.39, 0.29) is 20.3 Å². The molecule has 0 atom stereocenters. The third-order valence-electron chi connectivity index (χ3n) is 0.697. The Balaban J connectivity index is -0.000000180. The zero-order valence-electron chi connectivity index (χ0n) is 7.07. The molecule has 0 radical (unpaired) electrons. The number of hydrogen-bond donors (Lipinski definition) is 2. The van der Waals surface area contributed by atoms with Crippen LogP contribution in [0, 0.1) is 0 Å². The maximum atomic E-state index is 5.21. The topological polar surface area (TPSA) is 38.0 Å². The molecule has 0 heterocycles. The summed E-state index contributed by atoms with van der Waals surface area (Å²) in [7, 11) is 0. The van der Waals surface area contributed by atoms with Gasteiger partial charge in [-0.05, 0) is 0 Å². The number of hydrogen-bond acceptors (Lipinski definition) is 2. The molecule has 0 aromatic heterocycles. The quantitative estimate of drug-likeness (QED) is 0.381. The first-order valence-electron chi connectivity index (χ1n) is 2.71. The summed E-state index contributed by atoms with van der Waals surface area (Å²) in [6.45, 7) is 5.88. The zero-order chi connectivity index (χ0) is 5.70. The van der Waals surface area contributed by atoms with Crippen molar-refractivity contribution in [2.75, 3.05) is 13.1 Å². The number of nitrogens with two attached hydrogens (primary N) is 1. The fraction of sp³-hybridized carbons (Fsp3) is 1.00. The largest absolute Gasteiger partial charge is 1.00 e. The standard InChI is InChI=1S/C5H14N2.Li.H/c1-5(2)7-4-3-6;;/h5,7H,3-4,6H2,1-2H3;;/q;+1;-1. The van der Waals surface area contributed by atoms with Crippen LogP contribution < -0.4 is 29.9 Å². The van der Waals surface area contributed by atoms with Gasteiger partial charge >= 0.3 is 18.9 Å². The van der Waals surface area contributed by atoms with Crippen LogP contribution in [0.5, 0.6) is 0 Å². The minimum absolute atomic E-state index is 0. The van der Waals surface area contributed by atoms with Gasteiger partial charge in [0.2, 0.25) is 0 Å². The molecule has 0 spiro atoms. The molecule has 0 aliphatic heterocycles. The van der Waals surface area contributed by atoms with Crippen molar-refractivity contribution in [3.63, 3.8) is 0 Å². The van der Waals surface area contributed by atoms with Crippen molar-refractivity contribution in [2.24, 2.45) is 5.73 Å². The molecule has 2 nitrogen and oxygen atoms in total. The van der Waals surface area contributed by atoms with E-state index in [2.05, 4.69) is 19.2 Å². The average Bonchev–Trinajstić information content (AvgIpc) is 1.61. The predicted octanol–water partition coefficient (Wildman–Crippen LogP) is -2.94. The van der Waals surface area contributed by atoms with Crippen molar-refractivity contribution in [3.05, 3.63) is 0 Å². The van der Waals surface area contributed by atoms with E-state index in [0.29, 0.717) is 6.04 Å². The summed E-state index contributed by atoms with van der Waals surface area (Å²) >= 11 is 0.